The van der Waals surface area contributed by atoms with E-state index in [1.165, 1.54) is 6.26 Å². The third kappa shape index (κ3) is 4.94. The fourth-order valence-electron chi connectivity index (χ4n) is 1.42. The number of aromatic amines is 1. The Hall–Kier alpha value is -0.880. The second kappa shape index (κ2) is 4.32. The zero-order valence-electron chi connectivity index (χ0n) is 9.24. The van der Waals surface area contributed by atoms with Crippen LogP contribution in [0.1, 0.15) is 26.0 Å². The summed E-state index contributed by atoms with van der Waals surface area (Å²) in [7, 11) is -3.15. The number of nitrogens with one attached hydrogen (secondary N) is 2. The number of sulfonamides is 1. The van der Waals surface area contributed by atoms with Crippen LogP contribution in [0.5, 0.6) is 0 Å². The van der Waals surface area contributed by atoms with Gasteiger partial charge in [-0.05, 0) is 32.8 Å². The molecule has 0 aliphatic rings. The lowest BCUT2D eigenvalue weighted by Crippen LogP contribution is -2.43. The summed E-state index contributed by atoms with van der Waals surface area (Å²) in [4.78, 5) is 0. The lowest BCUT2D eigenvalue weighted by atomic mass is 9.99. The minimum atomic E-state index is -3.15. The molecule has 0 saturated carbocycles. The first-order valence-electron chi connectivity index (χ1n) is 4.76. The van der Waals surface area contributed by atoms with Crippen LogP contribution in [0.4, 0.5) is 0 Å². The molecule has 0 amide bonds. The Morgan fingerprint density at radius 2 is 2.20 bits per heavy atom. The van der Waals surface area contributed by atoms with Gasteiger partial charge in [-0.15, -0.1) is 0 Å². The Kier molecular flexibility index (Phi) is 3.51. The van der Waals surface area contributed by atoms with Crippen molar-refractivity contribution in [3.8, 4) is 0 Å². The van der Waals surface area contributed by atoms with Crippen LogP contribution in [0.25, 0.3) is 0 Å². The number of aromatic nitrogens is 2. The van der Waals surface area contributed by atoms with Crippen LogP contribution in [0.3, 0.4) is 0 Å². The number of hydrogen-bond donors (Lipinski definition) is 2. The van der Waals surface area contributed by atoms with Gasteiger partial charge < -0.3 is 0 Å². The van der Waals surface area contributed by atoms with Crippen molar-refractivity contribution in [2.75, 3.05) is 6.26 Å². The number of hydrogen-bond acceptors (Lipinski definition) is 3. The smallest absolute Gasteiger partial charge is 0.209 e. The van der Waals surface area contributed by atoms with Crippen LogP contribution < -0.4 is 4.72 Å². The number of nitrogens with zero attached hydrogens (tertiary/aromatic N) is 1. The molecule has 1 heterocycles. The molecule has 5 nitrogen and oxygen atoms in total. The average Bonchev–Trinajstić information content (AvgIpc) is 2.47. The molecule has 86 valence electrons. The highest BCUT2D eigenvalue weighted by molar-refractivity contribution is 7.88. The molecule has 6 heteroatoms. The maximum Gasteiger partial charge on any atom is 0.209 e. The topological polar surface area (TPSA) is 74.8 Å². The van der Waals surface area contributed by atoms with E-state index >= 15 is 0 Å². The molecule has 0 aliphatic heterocycles. The minimum Gasteiger partial charge on any atom is -0.283 e. The maximum absolute atomic E-state index is 11.1. The molecule has 0 aromatic carbocycles. The van der Waals surface area contributed by atoms with Gasteiger partial charge in [-0.25, -0.2) is 13.1 Å². The summed E-state index contributed by atoms with van der Waals surface area (Å²) in [6.45, 7) is 3.73. The summed E-state index contributed by atoms with van der Waals surface area (Å²) in [5, 5.41) is 6.68. The third-order valence-electron chi connectivity index (χ3n) is 2.04. The second-order valence-electron chi connectivity index (χ2n) is 4.34. The van der Waals surface area contributed by atoms with Crippen LogP contribution in [-0.4, -0.2) is 30.4 Å². The standard InChI is InChI=1S/C9H17N3O2S/c1-9(2,12-15(3,13)14)6-4-8-5-7-10-11-8/h5,7,12H,4,6H2,1-3H3,(H,10,11). The highest BCUT2D eigenvalue weighted by Crippen LogP contribution is 2.12. The molecule has 1 aromatic rings. The van der Waals surface area contributed by atoms with E-state index < -0.39 is 15.6 Å². The van der Waals surface area contributed by atoms with E-state index in [1.807, 2.05) is 19.9 Å². The molecule has 0 saturated heterocycles. The van der Waals surface area contributed by atoms with Crippen molar-refractivity contribution < 1.29 is 8.42 Å². The third-order valence-corrected chi connectivity index (χ3v) is 2.96. The highest BCUT2D eigenvalue weighted by Gasteiger charge is 2.21. The zero-order chi connectivity index (χ0) is 11.5. The van der Waals surface area contributed by atoms with Crippen molar-refractivity contribution in [1.82, 2.24) is 14.9 Å². The van der Waals surface area contributed by atoms with Crippen LogP contribution >= 0.6 is 0 Å². The fourth-order valence-corrected chi connectivity index (χ4v) is 2.53. The lowest BCUT2D eigenvalue weighted by molar-refractivity contribution is 0.422. The predicted molar refractivity (Wildman–Crippen MR) is 59.0 cm³/mol. The van der Waals surface area contributed by atoms with E-state index in [2.05, 4.69) is 14.9 Å². The molecule has 0 radical (unpaired) electrons. The molecule has 0 atom stereocenters. The highest BCUT2D eigenvalue weighted by atomic mass is 32.2. The monoisotopic (exact) mass is 231 g/mol. The zero-order valence-corrected chi connectivity index (χ0v) is 10.1. The number of aryl methyl sites for hydroxylation is 1. The van der Waals surface area contributed by atoms with Crippen LogP contribution in [0.15, 0.2) is 12.3 Å². The second-order valence-corrected chi connectivity index (χ2v) is 6.09. The SMILES string of the molecule is CC(C)(CCc1ccn[nH]1)NS(C)(=O)=O. The minimum absolute atomic E-state index is 0.432. The van der Waals surface area contributed by atoms with Gasteiger partial charge in [0.1, 0.15) is 0 Å². The molecular weight excluding hydrogens is 214 g/mol. The lowest BCUT2D eigenvalue weighted by Gasteiger charge is -2.24. The van der Waals surface area contributed by atoms with E-state index in [-0.39, 0.29) is 0 Å². The van der Waals surface area contributed by atoms with E-state index in [0.29, 0.717) is 0 Å². The first-order valence-corrected chi connectivity index (χ1v) is 6.65. The predicted octanol–water partition coefficient (Wildman–Crippen LogP) is 0.670. The largest absolute Gasteiger partial charge is 0.283 e. The molecule has 0 spiro atoms. The molecule has 0 aliphatic carbocycles. The van der Waals surface area contributed by atoms with Crippen LogP contribution in [-0.2, 0) is 16.4 Å². The van der Waals surface area contributed by atoms with Crippen molar-refractivity contribution in [2.45, 2.75) is 32.2 Å². The van der Waals surface area contributed by atoms with Gasteiger partial charge in [0.15, 0.2) is 0 Å². The summed E-state index contributed by atoms with van der Waals surface area (Å²) in [5.41, 5.74) is 0.581. The number of H-pyrrole nitrogens is 1. The van der Waals surface area contributed by atoms with Gasteiger partial charge >= 0.3 is 0 Å². The molecule has 0 bridgehead atoms. The summed E-state index contributed by atoms with van der Waals surface area (Å²) in [6, 6.07) is 1.89. The van der Waals surface area contributed by atoms with Crippen molar-refractivity contribution in [3.63, 3.8) is 0 Å². The molecule has 0 unspecified atom stereocenters. The summed E-state index contributed by atoms with van der Waals surface area (Å²) in [5.74, 6) is 0. The van der Waals surface area contributed by atoms with Gasteiger partial charge in [-0.1, -0.05) is 0 Å². The van der Waals surface area contributed by atoms with Gasteiger partial charge in [0.25, 0.3) is 0 Å². The summed E-state index contributed by atoms with van der Waals surface area (Å²) < 4.78 is 24.7. The quantitative estimate of drug-likeness (QED) is 0.782. The van der Waals surface area contributed by atoms with Crippen LogP contribution in [0.2, 0.25) is 0 Å². The van der Waals surface area contributed by atoms with E-state index in [4.69, 9.17) is 0 Å². The maximum atomic E-state index is 11.1. The van der Waals surface area contributed by atoms with Crippen molar-refractivity contribution >= 4 is 10.0 Å². The van der Waals surface area contributed by atoms with Gasteiger partial charge in [0, 0.05) is 17.4 Å². The molecule has 2 N–H and O–H groups in total. The van der Waals surface area contributed by atoms with Crippen molar-refractivity contribution in [3.05, 3.63) is 18.0 Å². The molecule has 1 aromatic heterocycles. The Labute approximate surface area is 90.3 Å². The Balaban J connectivity index is 2.50. The van der Waals surface area contributed by atoms with Gasteiger partial charge in [-0.2, -0.15) is 5.10 Å². The number of rotatable bonds is 5. The first-order chi connectivity index (χ1) is 6.79. The average molecular weight is 231 g/mol. The summed E-state index contributed by atoms with van der Waals surface area (Å²) >= 11 is 0. The van der Waals surface area contributed by atoms with Crippen molar-refractivity contribution in [2.24, 2.45) is 0 Å². The van der Waals surface area contributed by atoms with E-state index in [9.17, 15) is 8.42 Å². The Morgan fingerprint density at radius 1 is 1.53 bits per heavy atom. The Bertz CT molecular complexity index is 395. The normalized spacial score (nSPS) is 13.0. The van der Waals surface area contributed by atoms with Gasteiger partial charge in [-0.3, -0.25) is 5.10 Å². The Morgan fingerprint density at radius 3 is 2.67 bits per heavy atom. The van der Waals surface area contributed by atoms with Gasteiger partial charge in [0.05, 0.1) is 6.26 Å². The molecular formula is C9H17N3O2S. The van der Waals surface area contributed by atoms with Crippen LogP contribution in [0, 0.1) is 0 Å². The van der Waals surface area contributed by atoms with E-state index in [1.54, 1.807) is 6.20 Å². The first kappa shape index (κ1) is 12.2. The van der Waals surface area contributed by atoms with E-state index in [0.717, 1.165) is 18.5 Å². The van der Waals surface area contributed by atoms with Gasteiger partial charge in [0.2, 0.25) is 10.0 Å². The molecule has 0 fully saturated rings. The summed E-state index contributed by atoms with van der Waals surface area (Å²) in [6.07, 6.45) is 4.36. The fraction of sp³-hybridized carbons (Fsp3) is 0.667. The van der Waals surface area contributed by atoms with Crippen molar-refractivity contribution in [1.29, 1.82) is 0 Å². The molecule has 15 heavy (non-hydrogen) atoms. The molecule has 1 rings (SSSR count).